The molecule has 2 nitrogen and oxygen atoms in total. The second-order valence-electron chi connectivity index (χ2n) is 13.6. The molecule has 6 aromatic rings. The molecule has 2 unspecified atom stereocenters. The molecule has 0 saturated heterocycles. The summed E-state index contributed by atoms with van der Waals surface area (Å²) < 4.78 is 13.9. The molecule has 2 heterocycles. The number of allylic oxidation sites excluding steroid dienone is 2. The van der Waals surface area contributed by atoms with Crippen molar-refractivity contribution in [3.63, 3.8) is 0 Å². The topological polar surface area (TPSA) is 26.3 Å². The molecular weight excluding hydrogens is 747 g/mol. The fourth-order valence-corrected chi connectivity index (χ4v) is 12.5. The fraction of sp³-hybridized carbons (Fsp3) is 0.217. The Labute approximate surface area is 326 Å². The third-order valence-electron chi connectivity index (χ3n) is 10.1. The van der Waals surface area contributed by atoms with Crippen LogP contribution in [-0.2, 0) is 36.1 Å². The van der Waals surface area contributed by atoms with Gasteiger partial charge < -0.3 is 24.8 Å². The van der Waals surface area contributed by atoms with Crippen LogP contribution in [0.1, 0.15) is 90.4 Å². The van der Waals surface area contributed by atoms with Gasteiger partial charge in [0.25, 0.3) is 0 Å². The smallest absolute Gasteiger partial charge is 1.00 e. The van der Waals surface area contributed by atoms with E-state index in [0.29, 0.717) is 7.25 Å². The van der Waals surface area contributed by atoms with Crippen LogP contribution < -0.4 is 24.8 Å². The Morgan fingerprint density at radius 3 is 1.31 bits per heavy atom. The van der Waals surface area contributed by atoms with E-state index in [4.69, 9.17) is 8.83 Å². The number of hydrogen-bond acceptors (Lipinski definition) is 2. The van der Waals surface area contributed by atoms with E-state index >= 15 is 0 Å². The molecule has 4 aromatic carbocycles. The molecule has 0 amide bonds. The van der Waals surface area contributed by atoms with Crippen molar-refractivity contribution in [2.75, 3.05) is 0 Å². The largest absolute Gasteiger partial charge is 1.00 e. The van der Waals surface area contributed by atoms with Gasteiger partial charge in [-0.25, -0.2) is 0 Å². The number of halogens is 2. The molecule has 0 fully saturated rings. The molecule has 5 heteroatoms. The van der Waals surface area contributed by atoms with Crippen LogP contribution in [0.25, 0.3) is 45.6 Å². The Morgan fingerprint density at radius 2 is 0.922 bits per heavy atom. The van der Waals surface area contributed by atoms with Crippen molar-refractivity contribution in [1.82, 2.24) is 0 Å². The quantitative estimate of drug-likeness (QED) is 0.155. The van der Waals surface area contributed by atoms with Gasteiger partial charge in [-0.05, 0) is 0 Å². The maximum absolute atomic E-state index is 6.62. The zero-order chi connectivity index (χ0) is 33.5. The third-order valence-corrected chi connectivity index (χ3v) is 14.8. The summed E-state index contributed by atoms with van der Waals surface area (Å²) in [5, 5.41) is 0. The normalized spacial score (nSPS) is 15.6. The molecule has 51 heavy (non-hydrogen) atoms. The number of furan rings is 2. The van der Waals surface area contributed by atoms with Gasteiger partial charge in [-0.15, -0.1) is 0 Å². The van der Waals surface area contributed by atoms with Gasteiger partial charge in [-0.3, -0.25) is 0 Å². The molecule has 0 bridgehead atoms. The number of aryl methyl sites for hydroxylation is 4. The summed E-state index contributed by atoms with van der Waals surface area (Å²) >= 11 is -1.31. The van der Waals surface area contributed by atoms with Crippen LogP contribution in [0.4, 0.5) is 0 Å². The van der Waals surface area contributed by atoms with Crippen molar-refractivity contribution < 1.29 is 56.9 Å². The second kappa shape index (κ2) is 16.0. The molecule has 0 spiro atoms. The van der Waals surface area contributed by atoms with Gasteiger partial charge in [-0.1, -0.05) is 0 Å². The van der Waals surface area contributed by atoms with Crippen molar-refractivity contribution in [1.29, 1.82) is 0 Å². The van der Waals surface area contributed by atoms with E-state index in [1.54, 1.807) is 0 Å². The summed E-state index contributed by atoms with van der Waals surface area (Å²) in [6, 6.07) is 40.6. The molecule has 2 aliphatic carbocycles. The Hall–Kier alpha value is -3.62. The van der Waals surface area contributed by atoms with Crippen molar-refractivity contribution in [2.45, 2.75) is 60.6 Å². The predicted octanol–water partition coefficient (Wildman–Crippen LogP) is 6.71. The Kier molecular flexibility index (Phi) is 11.6. The maximum Gasteiger partial charge on any atom is -1.00 e. The van der Waals surface area contributed by atoms with Crippen LogP contribution in [0, 0.1) is 13.8 Å². The van der Waals surface area contributed by atoms with Gasteiger partial charge in [0, 0.05) is 0 Å². The summed E-state index contributed by atoms with van der Waals surface area (Å²) in [5.41, 5.74) is 16.0. The minimum absolute atomic E-state index is 0. The minimum atomic E-state index is -1.31. The Balaban J connectivity index is 0.00000224. The average molecular weight is 789 g/mol. The first-order valence-corrected chi connectivity index (χ1v) is 20.6. The zero-order valence-corrected chi connectivity index (χ0v) is 33.6. The molecule has 2 aromatic heterocycles. The van der Waals surface area contributed by atoms with E-state index in [-0.39, 0.29) is 24.8 Å². The van der Waals surface area contributed by atoms with Gasteiger partial charge in [0.2, 0.25) is 0 Å². The van der Waals surface area contributed by atoms with Crippen molar-refractivity contribution in [3.8, 4) is 22.3 Å². The summed E-state index contributed by atoms with van der Waals surface area (Å²) in [6.45, 7) is 8.75. The Bertz CT molecular complexity index is 2040. The van der Waals surface area contributed by atoms with Crippen molar-refractivity contribution >= 4 is 23.3 Å². The van der Waals surface area contributed by atoms with E-state index in [1.165, 1.54) is 66.8 Å². The molecule has 8 rings (SSSR count). The van der Waals surface area contributed by atoms with E-state index < -0.39 is 23.2 Å². The van der Waals surface area contributed by atoms with Crippen molar-refractivity contribution in [2.24, 2.45) is 0 Å². The van der Waals surface area contributed by atoms with Gasteiger partial charge in [-0.2, -0.15) is 0 Å². The monoisotopic (exact) mass is 786 g/mol. The molecular formula is C46H42Cl2O2Zr. The molecule has 0 radical (unpaired) electrons. The van der Waals surface area contributed by atoms with Gasteiger partial charge in [0.05, 0.1) is 0 Å². The minimum Gasteiger partial charge on any atom is -1.00 e. The van der Waals surface area contributed by atoms with Crippen LogP contribution in [0.2, 0.25) is 0 Å². The summed E-state index contributed by atoms with van der Waals surface area (Å²) in [7, 11) is 0. The maximum atomic E-state index is 6.62. The molecule has 0 N–H and O–H groups in total. The molecule has 2 aliphatic rings. The predicted molar refractivity (Wildman–Crippen MR) is 200 cm³/mol. The van der Waals surface area contributed by atoms with Crippen LogP contribution in [0.15, 0.2) is 118 Å². The van der Waals surface area contributed by atoms with Crippen molar-refractivity contribution in [3.05, 3.63) is 166 Å². The van der Waals surface area contributed by atoms with E-state index in [2.05, 4.69) is 149 Å². The molecule has 256 valence electrons. The summed E-state index contributed by atoms with van der Waals surface area (Å²) in [6.07, 6.45) is 8.98. The van der Waals surface area contributed by atoms with E-state index in [9.17, 15) is 0 Å². The van der Waals surface area contributed by atoms with Gasteiger partial charge in [0.1, 0.15) is 0 Å². The van der Waals surface area contributed by atoms with Crippen LogP contribution in [0.5, 0.6) is 0 Å². The fourth-order valence-electron chi connectivity index (χ4n) is 7.55. The average Bonchev–Trinajstić information content (AvgIpc) is 3.92. The number of fused-ring (bicyclic) bond motifs is 2. The number of rotatable bonds is 10. The SMILES string of the molecule is CCCc1ccc(C2=Cc3c(-c4ccc(C)cc4)cccc3[CH]2[Zr+2][CH]2C(c3ccc(CCC)o3)=Cc3c(-c4ccc(C)cc4)cccc32)o1.[Cl-].[Cl-]. The second-order valence-corrected chi connectivity index (χ2v) is 17.3. The van der Waals surface area contributed by atoms with E-state index in [1.807, 2.05) is 0 Å². The Morgan fingerprint density at radius 1 is 0.510 bits per heavy atom. The number of hydrogen-bond donors (Lipinski definition) is 0. The number of benzene rings is 4. The van der Waals surface area contributed by atoms with E-state index in [0.717, 1.165) is 48.7 Å². The molecule has 0 saturated carbocycles. The first-order chi connectivity index (χ1) is 24.0. The summed E-state index contributed by atoms with van der Waals surface area (Å²) in [4.78, 5) is 0. The summed E-state index contributed by atoms with van der Waals surface area (Å²) in [5.74, 6) is 4.21. The van der Waals surface area contributed by atoms with Crippen LogP contribution in [-0.4, -0.2) is 0 Å². The zero-order valence-electron chi connectivity index (χ0n) is 29.6. The first kappa shape index (κ1) is 37.2. The molecule has 0 aliphatic heterocycles. The van der Waals surface area contributed by atoms with Gasteiger partial charge in [0.15, 0.2) is 0 Å². The first-order valence-electron chi connectivity index (χ1n) is 17.8. The van der Waals surface area contributed by atoms with Crippen LogP contribution in [0.3, 0.4) is 0 Å². The molecule has 2 atom stereocenters. The third kappa shape index (κ3) is 7.23. The van der Waals surface area contributed by atoms with Crippen LogP contribution >= 0.6 is 0 Å². The van der Waals surface area contributed by atoms with Gasteiger partial charge >= 0.3 is 304 Å². The standard InChI is InChI=1S/2C23H21O.2ClH.Zr/c2*1-3-5-20-12-13-23(24-20)19-14-18-6-4-7-21(22(18)15-19)17-10-8-16(2)9-11-17;;;/h2*4,6-15H,3,5H2,1-2H3;2*1H;/q;;;;+2/p-2.